The van der Waals surface area contributed by atoms with Crippen LogP contribution in [0.2, 0.25) is 0 Å². The van der Waals surface area contributed by atoms with Crippen molar-refractivity contribution in [2.24, 2.45) is 0 Å². The predicted octanol–water partition coefficient (Wildman–Crippen LogP) is 2.77. The van der Waals surface area contributed by atoms with Crippen LogP contribution in [0.25, 0.3) is 16.2 Å². The molecule has 3 rings (SSSR count). The Morgan fingerprint density at radius 2 is 2.12 bits per heavy atom. The number of hydrogen-bond acceptors (Lipinski definition) is 5. The average molecular weight is 359 g/mol. The maximum absolute atomic E-state index is 12.0. The van der Waals surface area contributed by atoms with Gasteiger partial charge in [0.1, 0.15) is 5.75 Å². The molecule has 0 atom stereocenters. The van der Waals surface area contributed by atoms with Crippen molar-refractivity contribution in [3.63, 3.8) is 0 Å². The molecule has 25 heavy (non-hydrogen) atoms. The molecule has 0 saturated heterocycles. The molecule has 0 spiro atoms. The van der Waals surface area contributed by atoms with Crippen LogP contribution >= 0.6 is 11.3 Å². The summed E-state index contributed by atoms with van der Waals surface area (Å²) in [6.45, 7) is 3.64. The summed E-state index contributed by atoms with van der Waals surface area (Å²) in [6, 6.07) is 7.87. The number of imidazole rings is 1. The third-order valence-electron chi connectivity index (χ3n) is 3.71. The third kappa shape index (κ3) is 4.18. The highest BCUT2D eigenvalue weighted by molar-refractivity contribution is 7.15. The predicted molar refractivity (Wildman–Crippen MR) is 98.3 cm³/mol. The fraction of sp³-hybridized carbons (Fsp3) is 0.333. The van der Waals surface area contributed by atoms with Crippen LogP contribution in [0.5, 0.6) is 5.75 Å². The summed E-state index contributed by atoms with van der Waals surface area (Å²) in [5.41, 5.74) is 2.84. The highest BCUT2D eigenvalue weighted by Gasteiger charge is 2.12. The molecule has 0 aliphatic heterocycles. The molecule has 0 fully saturated rings. The number of carbonyl (C=O) groups is 1. The quantitative estimate of drug-likeness (QED) is 0.628. The van der Waals surface area contributed by atoms with Crippen molar-refractivity contribution < 1.29 is 14.3 Å². The molecule has 132 valence electrons. The molecule has 0 saturated carbocycles. The fourth-order valence-electron chi connectivity index (χ4n) is 2.50. The summed E-state index contributed by atoms with van der Waals surface area (Å²) in [6.07, 6.45) is 2.29. The van der Waals surface area contributed by atoms with Crippen LogP contribution in [0.1, 0.15) is 12.6 Å². The van der Waals surface area contributed by atoms with E-state index in [9.17, 15) is 4.79 Å². The van der Waals surface area contributed by atoms with Crippen LogP contribution < -0.4 is 10.1 Å². The molecular weight excluding hydrogens is 338 g/mol. The lowest BCUT2D eigenvalue weighted by Gasteiger charge is -2.04. The number of hydrogen-bond donors (Lipinski definition) is 1. The van der Waals surface area contributed by atoms with Crippen molar-refractivity contribution in [3.05, 3.63) is 41.5 Å². The lowest BCUT2D eigenvalue weighted by Crippen LogP contribution is -2.28. The standard InChI is InChI=1S/C18H21N3O3S/c1-3-24-15-6-4-13(5-7-15)16-11-21-14(12-25-18(21)20-16)10-17(22)19-8-9-23-2/h4-7,11-12H,3,8-10H2,1-2H3,(H,19,22). The van der Waals surface area contributed by atoms with E-state index < -0.39 is 0 Å². The second-order valence-electron chi connectivity index (χ2n) is 5.48. The second-order valence-corrected chi connectivity index (χ2v) is 6.32. The molecule has 0 aliphatic carbocycles. The first kappa shape index (κ1) is 17.4. The van der Waals surface area contributed by atoms with Crippen molar-refractivity contribution in [2.75, 3.05) is 26.9 Å². The minimum atomic E-state index is -0.0203. The van der Waals surface area contributed by atoms with Crippen LogP contribution in [0.4, 0.5) is 0 Å². The summed E-state index contributed by atoms with van der Waals surface area (Å²) in [7, 11) is 1.61. The topological polar surface area (TPSA) is 64.9 Å². The monoisotopic (exact) mass is 359 g/mol. The van der Waals surface area contributed by atoms with Gasteiger partial charge in [0.25, 0.3) is 0 Å². The fourth-order valence-corrected chi connectivity index (χ4v) is 3.38. The normalized spacial score (nSPS) is 11.0. The molecule has 2 aromatic heterocycles. The van der Waals surface area contributed by atoms with Crippen molar-refractivity contribution in [1.82, 2.24) is 14.7 Å². The Balaban J connectivity index is 1.74. The number of nitrogens with one attached hydrogen (secondary N) is 1. The van der Waals surface area contributed by atoms with Gasteiger partial charge in [-0.1, -0.05) is 0 Å². The van der Waals surface area contributed by atoms with Gasteiger partial charge >= 0.3 is 0 Å². The first-order chi connectivity index (χ1) is 12.2. The number of rotatable bonds is 8. The van der Waals surface area contributed by atoms with Gasteiger partial charge in [-0.2, -0.15) is 0 Å². The number of amides is 1. The molecule has 3 aromatic rings. The molecule has 0 aliphatic rings. The molecule has 7 heteroatoms. The Kier molecular flexibility index (Phi) is 5.67. The average Bonchev–Trinajstić information content (AvgIpc) is 3.18. The molecular formula is C18H21N3O3S. The number of benzene rings is 1. The Bertz CT molecular complexity index is 839. The number of nitrogens with zero attached hydrogens (tertiary/aromatic N) is 2. The van der Waals surface area contributed by atoms with E-state index in [0.29, 0.717) is 26.2 Å². The van der Waals surface area contributed by atoms with Crippen molar-refractivity contribution >= 4 is 22.2 Å². The van der Waals surface area contributed by atoms with Crippen LogP contribution in [0, 0.1) is 0 Å². The number of methoxy groups -OCH3 is 1. The Morgan fingerprint density at radius 1 is 1.32 bits per heavy atom. The number of carbonyl (C=O) groups excluding carboxylic acids is 1. The van der Waals surface area contributed by atoms with E-state index in [-0.39, 0.29) is 5.91 Å². The van der Waals surface area contributed by atoms with Gasteiger partial charge in [0.05, 0.1) is 25.3 Å². The van der Waals surface area contributed by atoms with Crippen LogP contribution in [-0.4, -0.2) is 42.2 Å². The van der Waals surface area contributed by atoms with Gasteiger partial charge in [-0.05, 0) is 31.2 Å². The smallest absolute Gasteiger partial charge is 0.226 e. The maximum Gasteiger partial charge on any atom is 0.226 e. The molecule has 1 amide bonds. The van der Waals surface area contributed by atoms with Gasteiger partial charge in [-0.15, -0.1) is 11.3 Å². The third-order valence-corrected chi connectivity index (χ3v) is 4.60. The second kappa shape index (κ2) is 8.13. The Hall–Kier alpha value is -2.38. The summed E-state index contributed by atoms with van der Waals surface area (Å²) in [4.78, 5) is 17.5. The molecule has 0 unspecified atom stereocenters. The zero-order valence-corrected chi connectivity index (χ0v) is 15.1. The summed E-state index contributed by atoms with van der Waals surface area (Å²) in [5.74, 6) is 0.828. The van der Waals surface area contributed by atoms with Gasteiger partial charge in [0.15, 0.2) is 4.96 Å². The van der Waals surface area contributed by atoms with Gasteiger partial charge in [0.2, 0.25) is 5.91 Å². The van der Waals surface area contributed by atoms with Crippen LogP contribution in [0.3, 0.4) is 0 Å². The van der Waals surface area contributed by atoms with E-state index in [4.69, 9.17) is 9.47 Å². The Labute approximate surface area is 150 Å². The van der Waals surface area contributed by atoms with Gasteiger partial charge in [0, 0.05) is 36.5 Å². The molecule has 1 aromatic carbocycles. The van der Waals surface area contributed by atoms with Gasteiger partial charge in [-0.3, -0.25) is 9.20 Å². The van der Waals surface area contributed by atoms with Crippen LogP contribution in [-0.2, 0) is 16.0 Å². The zero-order chi connectivity index (χ0) is 17.6. The summed E-state index contributed by atoms with van der Waals surface area (Å²) < 4.78 is 12.4. The minimum Gasteiger partial charge on any atom is -0.494 e. The largest absolute Gasteiger partial charge is 0.494 e. The van der Waals surface area contributed by atoms with Crippen LogP contribution in [0.15, 0.2) is 35.8 Å². The van der Waals surface area contributed by atoms with Crippen molar-refractivity contribution in [3.8, 4) is 17.0 Å². The molecule has 2 heterocycles. The molecule has 1 N–H and O–H groups in total. The molecule has 0 radical (unpaired) electrons. The number of ether oxygens (including phenoxy) is 2. The maximum atomic E-state index is 12.0. The number of fused-ring (bicyclic) bond motifs is 1. The molecule has 6 nitrogen and oxygen atoms in total. The Morgan fingerprint density at radius 3 is 2.84 bits per heavy atom. The van der Waals surface area contributed by atoms with Crippen molar-refractivity contribution in [2.45, 2.75) is 13.3 Å². The minimum absolute atomic E-state index is 0.0203. The molecule has 0 bridgehead atoms. The van der Waals surface area contributed by atoms with E-state index in [0.717, 1.165) is 27.7 Å². The first-order valence-corrected chi connectivity index (χ1v) is 9.03. The number of thiazole rings is 1. The van der Waals surface area contributed by atoms with E-state index in [2.05, 4.69) is 10.3 Å². The van der Waals surface area contributed by atoms with E-state index in [1.807, 2.05) is 47.2 Å². The zero-order valence-electron chi connectivity index (χ0n) is 14.3. The van der Waals surface area contributed by atoms with E-state index >= 15 is 0 Å². The van der Waals surface area contributed by atoms with E-state index in [1.54, 1.807) is 7.11 Å². The van der Waals surface area contributed by atoms with Crippen molar-refractivity contribution in [1.29, 1.82) is 0 Å². The SMILES string of the molecule is CCOc1ccc(-c2cn3c(CC(=O)NCCOC)csc3n2)cc1. The highest BCUT2D eigenvalue weighted by Crippen LogP contribution is 2.25. The van der Waals surface area contributed by atoms with E-state index in [1.165, 1.54) is 11.3 Å². The lowest BCUT2D eigenvalue weighted by molar-refractivity contribution is -0.120. The van der Waals surface area contributed by atoms with Gasteiger partial charge in [-0.25, -0.2) is 4.98 Å². The van der Waals surface area contributed by atoms with Gasteiger partial charge < -0.3 is 14.8 Å². The highest BCUT2D eigenvalue weighted by atomic mass is 32.1. The summed E-state index contributed by atoms with van der Waals surface area (Å²) >= 11 is 1.53. The lowest BCUT2D eigenvalue weighted by atomic mass is 10.1. The summed E-state index contributed by atoms with van der Waals surface area (Å²) in [5, 5.41) is 4.81. The first-order valence-electron chi connectivity index (χ1n) is 8.15. The number of aromatic nitrogens is 2.